The summed E-state index contributed by atoms with van der Waals surface area (Å²) < 4.78 is 1.63. The Bertz CT molecular complexity index is 474. The van der Waals surface area contributed by atoms with E-state index in [0.29, 0.717) is 4.88 Å². The second kappa shape index (κ2) is 3.22. The van der Waals surface area contributed by atoms with Crippen molar-refractivity contribution in [2.75, 3.05) is 0 Å². The van der Waals surface area contributed by atoms with Gasteiger partial charge >= 0.3 is 5.97 Å². The van der Waals surface area contributed by atoms with Crippen molar-refractivity contribution in [3.63, 3.8) is 0 Å². The summed E-state index contributed by atoms with van der Waals surface area (Å²) >= 11 is 1.30. The molecule has 14 heavy (non-hydrogen) atoms. The van der Waals surface area contributed by atoms with Crippen LogP contribution in [0.5, 0.6) is 0 Å². The predicted octanol–water partition coefficient (Wildman–Crippen LogP) is 1.24. The van der Waals surface area contributed by atoms with Crippen LogP contribution in [0.4, 0.5) is 0 Å². The van der Waals surface area contributed by atoms with Crippen molar-refractivity contribution in [1.82, 2.24) is 14.8 Å². The highest BCUT2D eigenvalue weighted by Gasteiger charge is 2.15. The zero-order chi connectivity index (χ0) is 10.1. The van der Waals surface area contributed by atoms with Gasteiger partial charge in [0, 0.05) is 18.8 Å². The van der Waals surface area contributed by atoms with Crippen molar-refractivity contribution in [1.29, 1.82) is 0 Å². The second-order valence-electron chi connectivity index (χ2n) is 2.74. The van der Waals surface area contributed by atoms with Crippen LogP contribution in [0.1, 0.15) is 10.5 Å². The quantitative estimate of drug-likeness (QED) is 0.808. The molecule has 2 heterocycles. The number of rotatable bonds is 2. The molecule has 0 amide bonds. The molecule has 2 rings (SSSR count). The molecule has 72 valence electrons. The van der Waals surface area contributed by atoms with Gasteiger partial charge in [0.15, 0.2) is 5.69 Å². The van der Waals surface area contributed by atoms with Gasteiger partial charge in [-0.05, 0) is 0 Å². The molecule has 0 radical (unpaired) electrons. The van der Waals surface area contributed by atoms with Crippen molar-refractivity contribution in [3.8, 4) is 10.4 Å². The molecule has 0 aliphatic carbocycles. The number of aromatic carboxylic acids is 1. The molecule has 0 spiro atoms. The number of carboxylic acid groups (broad SMARTS) is 1. The molecule has 0 aliphatic heterocycles. The molecule has 0 saturated heterocycles. The number of hydrogen-bond donors (Lipinski definition) is 1. The summed E-state index contributed by atoms with van der Waals surface area (Å²) in [5.74, 6) is -1.01. The van der Waals surface area contributed by atoms with Crippen LogP contribution in [0.2, 0.25) is 0 Å². The zero-order valence-electron chi connectivity index (χ0n) is 7.34. The van der Waals surface area contributed by atoms with Crippen molar-refractivity contribution in [2.24, 2.45) is 7.05 Å². The first kappa shape index (κ1) is 8.89. The number of nitrogens with zero attached hydrogens (tertiary/aromatic N) is 3. The summed E-state index contributed by atoms with van der Waals surface area (Å²) in [4.78, 5) is 15.2. The number of carboxylic acids is 1. The highest BCUT2D eigenvalue weighted by atomic mass is 32.1. The first-order chi connectivity index (χ1) is 6.68. The van der Waals surface area contributed by atoms with Gasteiger partial charge in [-0.25, -0.2) is 9.78 Å². The van der Waals surface area contributed by atoms with E-state index in [1.54, 1.807) is 24.1 Å². The third-order valence-electron chi connectivity index (χ3n) is 1.74. The number of aryl methyl sites for hydroxylation is 1. The topological polar surface area (TPSA) is 68.0 Å². The Labute approximate surface area is 83.6 Å². The molecular formula is C8H7N3O2S. The third-order valence-corrected chi connectivity index (χ3v) is 2.61. The van der Waals surface area contributed by atoms with Gasteiger partial charge in [-0.15, -0.1) is 11.3 Å². The zero-order valence-corrected chi connectivity index (χ0v) is 8.15. The SMILES string of the molecule is Cn1cc(-c2scnc2C(=O)O)cn1. The lowest BCUT2D eigenvalue weighted by Crippen LogP contribution is -1.97. The Kier molecular flexibility index (Phi) is 2.05. The molecule has 0 atom stereocenters. The van der Waals surface area contributed by atoms with Crippen LogP contribution in [-0.2, 0) is 7.05 Å². The minimum atomic E-state index is -1.01. The average Bonchev–Trinajstić information content (AvgIpc) is 2.70. The second-order valence-corrected chi connectivity index (χ2v) is 3.59. The summed E-state index contributed by atoms with van der Waals surface area (Å²) in [7, 11) is 1.78. The number of hydrogen-bond acceptors (Lipinski definition) is 4. The van der Waals surface area contributed by atoms with Crippen molar-refractivity contribution in [3.05, 3.63) is 23.6 Å². The fourth-order valence-corrected chi connectivity index (χ4v) is 1.90. The van der Waals surface area contributed by atoms with Crippen LogP contribution in [-0.4, -0.2) is 25.8 Å². The Balaban J connectivity index is 2.51. The molecule has 0 saturated carbocycles. The van der Waals surface area contributed by atoms with E-state index in [2.05, 4.69) is 10.1 Å². The minimum absolute atomic E-state index is 0.0861. The third kappa shape index (κ3) is 1.39. The summed E-state index contributed by atoms with van der Waals surface area (Å²) in [5, 5.41) is 12.8. The molecule has 1 N–H and O–H groups in total. The lowest BCUT2D eigenvalue weighted by atomic mass is 10.2. The average molecular weight is 209 g/mol. The molecule has 0 aromatic carbocycles. The summed E-state index contributed by atoms with van der Waals surface area (Å²) in [6, 6.07) is 0. The van der Waals surface area contributed by atoms with Gasteiger partial charge in [0.1, 0.15) is 0 Å². The van der Waals surface area contributed by atoms with E-state index in [0.717, 1.165) is 5.56 Å². The van der Waals surface area contributed by atoms with E-state index in [4.69, 9.17) is 5.11 Å². The van der Waals surface area contributed by atoms with Crippen LogP contribution in [0.25, 0.3) is 10.4 Å². The van der Waals surface area contributed by atoms with Gasteiger partial charge in [-0.2, -0.15) is 5.10 Å². The minimum Gasteiger partial charge on any atom is -0.476 e. The predicted molar refractivity (Wildman–Crippen MR) is 51.3 cm³/mol. The van der Waals surface area contributed by atoms with E-state index in [1.807, 2.05) is 0 Å². The summed E-state index contributed by atoms with van der Waals surface area (Å²) in [5.41, 5.74) is 2.39. The van der Waals surface area contributed by atoms with Crippen molar-refractivity contribution in [2.45, 2.75) is 0 Å². The van der Waals surface area contributed by atoms with Crippen LogP contribution in [0.15, 0.2) is 17.9 Å². The maximum Gasteiger partial charge on any atom is 0.356 e. The highest BCUT2D eigenvalue weighted by molar-refractivity contribution is 7.13. The van der Waals surface area contributed by atoms with Gasteiger partial charge in [0.25, 0.3) is 0 Å². The van der Waals surface area contributed by atoms with Gasteiger partial charge in [-0.3, -0.25) is 4.68 Å². The van der Waals surface area contributed by atoms with Crippen LogP contribution >= 0.6 is 11.3 Å². The van der Waals surface area contributed by atoms with E-state index < -0.39 is 5.97 Å². The smallest absolute Gasteiger partial charge is 0.356 e. The molecule has 2 aromatic heterocycles. The van der Waals surface area contributed by atoms with Gasteiger partial charge < -0.3 is 5.11 Å². The molecule has 0 fully saturated rings. The Morgan fingerprint density at radius 2 is 2.43 bits per heavy atom. The molecule has 0 bridgehead atoms. The molecule has 0 unspecified atom stereocenters. The lowest BCUT2D eigenvalue weighted by molar-refractivity contribution is 0.0692. The van der Waals surface area contributed by atoms with E-state index in [-0.39, 0.29) is 5.69 Å². The van der Waals surface area contributed by atoms with Crippen LogP contribution in [0, 0.1) is 0 Å². The normalized spacial score (nSPS) is 10.4. The van der Waals surface area contributed by atoms with E-state index >= 15 is 0 Å². The van der Waals surface area contributed by atoms with Crippen LogP contribution in [0.3, 0.4) is 0 Å². The van der Waals surface area contributed by atoms with Gasteiger partial charge in [0.2, 0.25) is 0 Å². The highest BCUT2D eigenvalue weighted by Crippen LogP contribution is 2.26. The van der Waals surface area contributed by atoms with Gasteiger partial charge in [-0.1, -0.05) is 0 Å². The first-order valence-corrected chi connectivity index (χ1v) is 4.72. The largest absolute Gasteiger partial charge is 0.476 e. The fourth-order valence-electron chi connectivity index (χ4n) is 1.14. The van der Waals surface area contributed by atoms with Crippen LogP contribution < -0.4 is 0 Å². The van der Waals surface area contributed by atoms with Crippen molar-refractivity contribution >= 4 is 17.3 Å². The molecular weight excluding hydrogens is 202 g/mol. The monoisotopic (exact) mass is 209 g/mol. The molecule has 0 aliphatic rings. The van der Waals surface area contributed by atoms with Crippen molar-refractivity contribution < 1.29 is 9.90 Å². The maximum atomic E-state index is 10.8. The number of thiazole rings is 1. The Morgan fingerprint density at radius 1 is 1.64 bits per heavy atom. The summed E-state index contributed by atoms with van der Waals surface area (Å²) in [6.45, 7) is 0. The molecule has 5 nitrogen and oxygen atoms in total. The number of aromatic nitrogens is 3. The Morgan fingerprint density at radius 3 is 3.00 bits per heavy atom. The lowest BCUT2D eigenvalue weighted by Gasteiger charge is -1.92. The number of carbonyl (C=O) groups is 1. The standard InChI is InChI=1S/C8H7N3O2S/c1-11-3-5(2-10-11)7-6(8(12)13)9-4-14-7/h2-4H,1H3,(H,12,13). The fraction of sp³-hybridized carbons (Fsp3) is 0.125. The molecule has 6 heteroatoms. The Hall–Kier alpha value is -1.69. The van der Waals surface area contributed by atoms with E-state index in [9.17, 15) is 4.79 Å². The van der Waals surface area contributed by atoms with Gasteiger partial charge in [0.05, 0.1) is 16.6 Å². The first-order valence-electron chi connectivity index (χ1n) is 3.84. The molecule has 2 aromatic rings. The summed E-state index contributed by atoms with van der Waals surface area (Å²) in [6.07, 6.45) is 3.39. The van der Waals surface area contributed by atoms with E-state index in [1.165, 1.54) is 16.8 Å². The maximum absolute atomic E-state index is 10.8.